The van der Waals surface area contributed by atoms with E-state index in [2.05, 4.69) is 24.1 Å². The summed E-state index contributed by atoms with van der Waals surface area (Å²) in [5.74, 6) is 0.789. The third kappa shape index (κ3) is 4.10. The van der Waals surface area contributed by atoms with E-state index < -0.39 is 0 Å². The Labute approximate surface area is 82.7 Å². The van der Waals surface area contributed by atoms with Gasteiger partial charge in [0.1, 0.15) is 0 Å². The molecule has 0 bridgehead atoms. The normalized spacial score (nSPS) is 19.4. The molecule has 1 fully saturated rings. The van der Waals surface area contributed by atoms with Crippen molar-refractivity contribution >= 4 is 0 Å². The highest BCUT2D eigenvalue weighted by molar-refractivity contribution is 4.85. The van der Waals surface area contributed by atoms with Crippen LogP contribution < -0.4 is 5.32 Å². The second kappa shape index (κ2) is 5.61. The number of hydrogen-bond donors (Lipinski definition) is 1. The molecule has 0 aliphatic heterocycles. The maximum atomic E-state index is 3.25. The molecule has 1 saturated carbocycles. The van der Waals surface area contributed by atoms with Gasteiger partial charge in [-0.05, 0) is 45.3 Å². The minimum Gasteiger partial charge on any atom is -0.319 e. The molecule has 78 valence electrons. The molecule has 2 nitrogen and oxygen atoms in total. The third-order valence-electron chi connectivity index (χ3n) is 2.67. The lowest BCUT2D eigenvalue weighted by Gasteiger charge is -2.24. The van der Waals surface area contributed by atoms with Gasteiger partial charge in [-0.15, -0.1) is 0 Å². The van der Waals surface area contributed by atoms with E-state index in [0.717, 1.165) is 18.5 Å². The van der Waals surface area contributed by atoms with E-state index in [-0.39, 0.29) is 0 Å². The van der Waals surface area contributed by atoms with Crippen LogP contribution in [0.3, 0.4) is 0 Å². The average Bonchev–Trinajstić information content (AvgIpc) is 2.86. The Morgan fingerprint density at radius 1 is 1.46 bits per heavy atom. The molecule has 1 rings (SSSR count). The Bertz CT molecular complexity index is 132. The minimum absolute atomic E-state index is 0.789. The molecule has 1 N–H and O–H groups in total. The van der Waals surface area contributed by atoms with Gasteiger partial charge in [0.2, 0.25) is 0 Å². The van der Waals surface area contributed by atoms with Gasteiger partial charge in [-0.3, -0.25) is 0 Å². The predicted molar refractivity (Wildman–Crippen MR) is 58.0 cm³/mol. The second-order valence-electron chi connectivity index (χ2n) is 4.39. The van der Waals surface area contributed by atoms with Crippen molar-refractivity contribution in [2.75, 3.05) is 26.7 Å². The maximum absolute atomic E-state index is 3.25. The van der Waals surface area contributed by atoms with E-state index in [9.17, 15) is 0 Å². The first kappa shape index (κ1) is 11.0. The fourth-order valence-corrected chi connectivity index (χ4v) is 1.96. The van der Waals surface area contributed by atoms with E-state index in [1.165, 1.54) is 32.4 Å². The summed E-state index contributed by atoms with van der Waals surface area (Å²) in [6, 6.07) is 0.930. The Morgan fingerprint density at radius 3 is 2.62 bits per heavy atom. The Morgan fingerprint density at radius 2 is 2.15 bits per heavy atom. The maximum Gasteiger partial charge on any atom is 0.00965 e. The van der Waals surface area contributed by atoms with Crippen LogP contribution in [-0.2, 0) is 0 Å². The predicted octanol–water partition coefficient (Wildman–Crippen LogP) is 1.72. The summed E-state index contributed by atoms with van der Waals surface area (Å²) >= 11 is 0. The Kier molecular flexibility index (Phi) is 4.74. The number of nitrogens with zero attached hydrogens (tertiary/aromatic N) is 1. The molecule has 1 atom stereocenters. The largest absolute Gasteiger partial charge is 0.319 e. The highest BCUT2D eigenvalue weighted by atomic mass is 15.2. The second-order valence-corrected chi connectivity index (χ2v) is 4.39. The number of hydrogen-bond acceptors (Lipinski definition) is 2. The Hall–Kier alpha value is -0.0800. The topological polar surface area (TPSA) is 15.3 Å². The number of nitrogens with one attached hydrogen (secondary N) is 1. The van der Waals surface area contributed by atoms with Crippen molar-refractivity contribution in [3.8, 4) is 0 Å². The lowest BCUT2D eigenvalue weighted by molar-refractivity contribution is 0.227. The first-order valence-electron chi connectivity index (χ1n) is 5.66. The van der Waals surface area contributed by atoms with Crippen molar-refractivity contribution in [1.82, 2.24) is 10.2 Å². The zero-order valence-electron chi connectivity index (χ0n) is 9.34. The molecule has 0 aromatic heterocycles. The van der Waals surface area contributed by atoms with Crippen LogP contribution in [-0.4, -0.2) is 37.6 Å². The molecular formula is C11H24N2. The van der Waals surface area contributed by atoms with Crippen LogP contribution in [0.5, 0.6) is 0 Å². The summed E-state index contributed by atoms with van der Waals surface area (Å²) in [4.78, 5) is 2.67. The zero-order chi connectivity index (χ0) is 9.68. The monoisotopic (exact) mass is 184 g/mol. The van der Waals surface area contributed by atoms with E-state index in [1.54, 1.807) is 0 Å². The van der Waals surface area contributed by atoms with Gasteiger partial charge in [0.05, 0.1) is 0 Å². The number of rotatable bonds is 7. The molecular weight excluding hydrogens is 160 g/mol. The van der Waals surface area contributed by atoms with Crippen LogP contribution in [0.4, 0.5) is 0 Å². The zero-order valence-corrected chi connectivity index (χ0v) is 9.34. The highest BCUT2D eigenvalue weighted by Gasteiger charge is 2.28. The van der Waals surface area contributed by atoms with Crippen molar-refractivity contribution in [3.63, 3.8) is 0 Å². The van der Waals surface area contributed by atoms with Gasteiger partial charge in [-0.1, -0.05) is 13.8 Å². The quantitative estimate of drug-likeness (QED) is 0.648. The molecule has 1 aliphatic rings. The minimum atomic E-state index is 0.789. The van der Waals surface area contributed by atoms with Gasteiger partial charge in [0.15, 0.2) is 0 Å². The fraction of sp³-hybridized carbons (Fsp3) is 1.00. The average molecular weight is 184 g/mol. The molecule has 0 amide bonds. The van der Waals surface area contributed by atoms with Crippen molar-refractivity contribution in [1.29, 1.82) is 0 Å². The molecule has 0 heterocycles. The molecule has 0 saturated heterocycles. The summed E-state index contributed by atoms with van der Waals surface area (Å²) in [6.07, 6.45) is 4.17. The van der Waals surface area contributed by atoms with Crippen LogP contribution in [0.15, 0.2) is 0 Å². The standard InChI is InChI=1S/C11H24N2/c1-4-7-13(11-5-6-11)9-10(2)8-12-3/h10-12H,4-9H2,1-3H3. The van der Waals surface area contributed by atoms with Crippen LogP contribution in [0.25, 0.3) is 0 Å². The van der Waals surface area contributed by atoms with Gasteiger partial charge in [0.25, 0.3) is 0 Å². The van der Waals surface area contributed by atoms with Crippen molar-refractivity contribution in [2.45, 2.75) is 39.2 Å². The lowest BCUT2D eigenvalue weighted by Crippen LogP contribution is -2.34. The van der Waals surface area contributed by atoms with Gasteiger partial charge in [0, 0.05) is 12.6 Å². The van der Waals surface area contributed by atoms with Gasteiger partial charge in [-0.25, -0.2) is 0 Å². The van der Waals surface area contributed by atoms with E-state index >= 15 is 0 Å². The summed E-state index contributed by atoms with van der Waals surface area (Å²) in [7, 11) is 2.04. The molecule has 1 aliphatic carbocycles. The Balaban J connectivity index is 2.20. The summed E-state index contributed by atoms with van der Waals surface area (Å²) in [5.41, 5.74) is 0. The van der Waals surface area contributed by atoms with Crippen molar-refractivity contribution in [2.24, 2.45) is 5.92 Å². The van der Waals surface area contributed by atoms with E-state index in [0.29, 0.717) is 0 Å². The molecule has 0 radical (unpaired) electrons. The van der Waals surface area contributed by atoms with E-state index in [1.807, 2.05) is 7.05 Å². The molecule has 0 spiro atoms. The highest BCUT2D eigenvalue weighted by Crippen LogP contribution is 2.27. The lowest BCUT2D eigenvalue weighted by atomic mass is 10.1. The van der Waals surface area contributed by atoms with Gasteiger partial charge >= 0.3 is 0 Å². The first-order chi connectivity index (χ1) is 6.27. The smallest absolute Gasteiger partial charge is 0.00965 e. The third-order valence-corrected chi connectivity index (χ3v) is 2.67. The van der Waals surface area contributed by atoms with Gasteiger partial charge < -0.3 is 10.2 Å². The molecule has 0 aromatic carbocycles. The molecule has 0 aromatic rings. The van der Waals surface area contributed by atoms with E-state index in [4.69, 9.17) is 0 Å². The SMILES string of the molecule is CCCN(CC(C)CNC)C1CC1. The van der Waals surface area contributed by atoms with Crippen LogP contribution >= 0.6 is 0 Å². The molecule has 1 unspecified atom stereocenters. The van der Waals surface area contributed by atoms with Crippen molar-refractivity contribution in [3.05, 3.63) is 0 Å². The fourth-order valence-electron chi connectivity index (χ4n) is 1.96. The van der Waals surface area contributed by atoms with Crippen LogP contribution in [0, 0.1) is 5.92 Å². The van der Waals surface area contributed by atoms with Crippen LogP contribution in [0.2, 0.25) is 0 Å². The molecule has 2 heteroatoms. The summed E-state index contributed by atoms with van der Waals surface area (Å²) < 4.78 is 0. The van der Waals surface area contributed by atoms with Crippen molar-refractivity contribution < 1.29 is 0 Å². The van der Waals surface area contributed by atoms with Crippen LogP contribution in [0.1, 0.15) is 33.1 Å². The summed E-state index contributed by atoms with van der Waals surface area (Å²) in [5, 5.41) is 3.25. The van der Waals surface area contributed by atoms with Gasteiger partial charge in [-0.2, -0.15) is 0 Å². The molecule has 13 heavy (non-hydrogen) atoms. The first-order valence-corrected chi connectivity index (χ1v) is 5.66. The summed E-state index contributed by atoms with van der Waals surface area (Å²) in [6.45, 7) is 8.32.